The fourth-order valence-corrected chi connectivity index (χ4v) is 4.93. The molecule has 0 bridgehead atoms. The van der Waals surface area contributed by atoms with Crippen LogP contribution in [-0.2, 0) is 22.9 Å². The monoisotopic (exact) mass is 448 g/mol. The van der Waals surface area contributed by atoms with Gasteiger partial charge in [0.2, 0.25) is 10.0 Å². The molecule has 0 N–H and O–H groups in total. The van der Waals surface area contributed by atoms with Crippen LogP contribution in [0, 0.1) is 5.82 Å². The van der Waals surface area contributed by atoms with Crippen molar-refractivity contribution in [2.24, 2.45) is 0 Å². The molecule has 31 heavy (non-hydrogen) atoms. The van der Waals surface area contributed by atoms with Gasteiger partial charge in [-0.15, -0.1) is 0 Å². The highest BCUT2D eigenvalue weighted by Crippen LogP contribution is 2.29. The number of sulfonamides is 1. The van der Waals surface area contributed by atoms with Gasteiger partial charge in [-0.2, -0.15) is 4.31 Å². The second kappa shape index (κ2) is 10.0. The van der Waals surface area contributed by atoms with Crippen LogP contribution in [0.25, 0.3) is 0 Å². The molecule has 6 nitrogen and oxygen atoms in total. The number of nitrogens with zero attached hydrogens (tertiary/aromatic N) is 4. The van der Waals surface area contributed by atoms with Gasteiger partial charge >= 0.3 is 0 Å². The molecule has 2 heterocycles. The van der Waals surface area contributed by atoms with Gasteiger partial charge in [-0.1, -0.05) is 32.9 Å². The summed E-state index contributed by atoms with van der Waals surface area (Å²) in [5.74, 6) is 1.83. The average molecular weight is 449 g/mol. The molecule has 1 aromatic carbocycles. The standard InChI is InChI=1S/C23H33FN4O2S/c1-5-17(4)22-25-21(6-2)20(16-18-8-10-19(24)11-9-18)23(26-22)27-12-14-28(15-13-27)31(29,30)7-3/h8-11,17H,5-7,12-16H2,1-4H3/t17-/m1/s1. The highest BCUT2D eigenvalue weighted by molar-refractivity contribution is 7.89. The second-order valence-electron chi connectivity index (χ2n) is 8.08. The van der Waals surface area contributed by atoms with Gasteiger partial charge in [0, 0.05) is 49.8 Å². The third-order valence-electron chi connectivity index (χ3n) is 6.07. The Bertz CT molecular complexity index is 987. The summed E-state index contributed by atoms with van der Waals surface area (Å²) in [5.41, 5.74) is 3.06. The Morgan fingerprint density at radius 1 is 1.03 bits per heavy atom. The smallest absolute Gasteiger partial charge is 0.213 e. The van der Waals surface area contributed by atoms with Gasteiger partial charge in [-0.05, 0) is 37.5 Å². The molecule has 170 valence electrons. The van der Waals surface area contributed by atoms with Crippen LogP contribution in [0.3, 0.4) is 0 Å². The topological polar surface area (TPSA) is 66.4 Å². The highest BCUT2D eigenvalue weighted by atomic mass is 32.2. The van der Waals surface area contributed by atoms with E-state index in [0.717, 1.165) is 41.3 Å². The van der Waals surface area contributed by atoms with Gasteiger partial charge in [-0.3, -0.25) is 0 Å². The second-order valence-corrected chi connectivity index (χ2v) is 10.3. The van der Waals surface area contributed by atoms with Crippen LogP contribution >= 0.6 is 0 Å². The Hall–Kier alpha value is -2.06. The van der Waals surface area contributed by atoms with Crippen LogP contribution in [0.2, 0.25) is 0 Å². The van der Waals surface area contributed by atoms with E-state index >= 15 is 0 Å². The van der Waals surface area contributed by atoms with Crippen LogP contribution in [0.1, 0.15) is 62.7 Å². The van der Waals surface area contributed by atoms with Crippen molar-refractivity contribution >= 4 is 15.8 Å². The van der Waals surface area contributed by atoms with Crippen molar-refractivity contribution in [3.63, 3.8) is 0 Å². The van der Waals surface area contributed by atoms with Crippen molar-refractivity contribution in [2.75, 3.05) is 36.8 Å². The van der Waals surface area contributed by atoms with Crippen LogP contribution in [0.5, 0.6) is 0 Å². The van der Waals surface area contributed by atoms with Crippen molar-refractivity contribution in [1.29, 1.82) is 0 Å². The fourth-order valence-electron chi connectivity index (χ4n) is 3.84. The van der Waals surface area contributed by atoms with Crippen molar-refractivity contribution in [1.82, 2.24) is 14.3 Å². The highest BCUT2D eigenvalue weighted by Gasteiger charge is 2.28. The summed E-state index contributed by atoms with van der Waals surface area (Å²) in [6.45, 7) is 10.1. The predicted molar refractivity (Wildman–Crippen MR) is 123 cm³/mol. The number of aromatic nitrogens is 2. The number of benzene rings is 1. The predicted octanol–water partition coefficient (Wildman–Crippen LogP) is 3.75. The van der Waals surface area contributed by atoms with Gasteiger partial charge < -0.3 is 4.90 Å². The maximum absolute atomic E-state index is 13.4. The molecule has 1 aliphatic rings. The maximum atomic E-state index is 13.4. The number of halogens is 1. The number of hydrogen-bond acceptors (Lipinski definition) is 5. The van der Waals surface area contributed by atoms with E-state index < -0.39 is 10.0 Å². The molecule has 1 aliphatic heterocycles. The van der Waals surface area contributed by atoms with Gasteiger partial charge in [0.15, 0.2) is 0 Å². The number of piperazine rings is 1. The zero-order valence-corrected chi connectivity index (χ0v) is 19.8. The Balaban J connectivity index is 1.98. The number of hydrogen-bond donors (Lipinski definition) is 0. The van der Waals surface area contributed by atoms with E-state index in [1.807, 2.05) is 0 Å². The Morgan fingerprint density at radius 2 is 1.68 bits per heavy atom. The summed E-state index contributed by atoms with van der Waals surface area (Å²) in [6, 6.07) is 6.55. The molecule has 1 aromatic heterocycles. The first-order valence-corrected chi connectivity index (χ1v) is 12.8. The fraction of sp³-hybridized carbons (Fsp3) is 0.565. The maximum Gasteiger partial charge on any atom is 0.213 e. The molecule has 0 aliphatic carbocycles. The quantitative estimate of drug-likeness (QED) is 0.615. The van der Waals surface area contributed by atoms with E-state index in [9.17, 15) is 12.8 Å². The SMILES string of the molecule is CCc1nc([C@H](C)CC)nc(N2CCN(S(=O)(=O)CC)CC2)c1Cc1ccc(F)cc1. The largest absolute Gasteiger partial charge is 0.354 e. The Kier molecular flexibility index (Phi) is 7.64. The van der Waals surface area contributed by atoms with Crippen molar-refractivity contribution in [2.45, 2.75) is 52.9 Å². The van der Waals surface area contributed by atoms with Crippen molar-refractivity contribution < 1.29 is 12.8 Å². The Labute approximate surface area is 185 Å². The van der Waals surface area contributed by atoms with E-state index in [0.29, 0.717) is 32.6 Å². The zero-order valence-electron chi connectivity index (χ0n) is 18.9. The molecule has 1 atom stereocenters. The van der Waals surface area contributed by atoms with Crippen LogP contribution in [0.15, 0.2) is 24.3 Å². The lowest BCUT2D eigenvalue weighted by atomic mass is 10.0. The third-order valence-corrected chi connectivity index (χ3v) is 7.95. The van der Waals surface area contributed by atoms with E-state index in [4.69, 9.17) is 9.97 Å². The van der Waals surface area contributed by atoms with E-state index in [1.54, 1.807) is 23.4 Å². The van der Waals surface area contributed by atoms with Gasteiger partial charge in [-0.25, -0.2) is 22.8 Å². The average Bonchev–Trinajstić information content (AvgIpc) is 2.80. The van der Waals surface area contributed by atoms with E-state index in [1.165, 1.54) is 12.1 Å². The molecule has 0 unspecified atom stereocenters. The van der Waals surface area contributed by atoms with Gasteiger partial charge in [0.1, 0.15) is 17.5 Å². The lowest BCUT2D eigenvalue weighted by molar-refractivity contribution is 0.384. The minimum Gasteiger partial charge on any atom is -0.354 e. The lowest BCUT2D eigenvalue weighted by Gasteiger charge is -2.36. The van der Waals surface area contributed by atoms with Crippen molar-refractivity contribution in [3.8, 4) is 0 Å². The van der Waals surface area contributed by atoms with Crippen LogP contribution in [-0.4, -0.2) is 54.6 Å². The minimum atomic E-state index is -3.19. The summed E-state index contributed by atoms with van der Waals surface area (Å²) in [7, 11) is -3.19. The lowest BCUT2D eigenvalue weighted by Crippen LogP contribution is -2.49. The molecule has 2 aromatic rings. The normalized spacial score (nSPS) is 16.5. The van der Waals surface area contributed by atoms with E-state index in [2.05, 4.69) is 25.7 Å². The molecule has 3 rings (SSSR count). The summed E-state index contributed by atoms with van der Waals surface area (Å²) in [4.78, 5) is 12.0. The third kappa shape index (κ3) is 5.41. The number of anilines is 1. The molecule has 0 radical (unpaired) electrons. The zero-order chi connectivity index (χ0) is 22.6. The van der Waals surface area contributed by atoms with Gasteiger partial charge in [0.05, 0.1) is 5.75 Å². The molecule has 0 saturated carbocycles. The molecule has 8 heteroatoms. The summed E-state index contributed by atoms with van der Waals surface area (Å²) < 4.78 is 39.5. The molecule has 1 saturated heterocycles. The first-order valence-electron chi connectivity index (χ1n) is 11.2. The summed E-state index contributed by atoms with van der Waals surface area (Å²) in [5, 5.41) is 0. The first kappa shape index (κ1) is 23.6. The number of rotatable bonds is 8. The minimum absolute atomic E-state index is 0.120. The van der Waals surface area contributed by atoms with Crippen molar-refractivity contribution in [3.05, 3.63) is 52.7 Å². The first-order chi connectivity index (χ1) is 14.8. The van der Waals surface area contributed by atoms with Gasteiger partial charge in [0.25, 0.3) is 0 Å². The summed E-state index contributed by atoms with van der Waals surface area (Å²) >= 11 is 0. The van der Waals surface area contributed by atoms with E-state index in [-0.39, 0.29) is 17.5 Å². The summed E-state index contributed by atoms with van der Waals surface area (Å²) in [6.07, 6.45) is 2.34. The molecule has 1 fully saturated rings. The molecular weight excluding hydrogens is 415 g/mol. The Morgan fingerprint density at radius 3 is 2.23 bits per heavy atom. The molecule has 0 spiro atoms. The van der Waals surface area contributed by atoms with Crippen LogP contribution < -0.4 is 4.90 Å². The van der Waals surface area contributed by atoms with Crippen LogP contribution in [0.4, 0.5) is 10.2 Å². The molecular formula is C23H33FN4O2S. The molecule has 0 amide bonds. The number of aryl methyl sites for hydroxylation is 1.